The van der Waals surface area contributed by atoms with Gasteiger partial charge in [0.05, 0.1) is 24.2 Å². The van der Waals surface area contributed by atoms with Crippen LogP contribution in [0.2, 0.25) is 0 Å². The SMILES string of the molecule is CC(=O)c1cccc(S(=O)(=O)N2CCOCC2c2ccc(F)cc2)c1. The van der Waals surface area contributed by atoms with Crippen LogP contribution in [0.25, 0.3) is 0 Å². The number of nitrogens with zero attached hydrogens (tertiary/aromatic N) is 1. The molecular formula is C18H18FNO4S. The number of benzene rings is 2. The van der Waals surface area contributed by atoms with Crippen LogP contribution in [0.3, 0.4) is 0 Å². The van der Waals surface area contributed by atoms with E-state index in [1.165, 1.54) is 35.5 Å². The van der Waals surface area contributed by atoms with Crippen LogP contribution in [0.1, 0.15) is 28.9 Å². The molecule has 7 heteroatoms. The Bertz CT molecular complexity index is 880. The van der Waals surface area contributed by atoms with Gasteiger partial charge in [0.2, 0.25) is 10.0 Å². The molecule has 1 unspecified atom stereocenters. The first-order chi connectivity index (χ1) is 11.9. The molecule has 1 aliphatic heterocycles. The molecule has 5 nitrogen and oxygen atoms in total. The van der Waals surface area contributed by atoms with E-state index in [4.69, 9.17) is 4.74 Å². The summed E-state index contributed by atoms with van der Waals surface area (Å²) in [6.45, 7) is 2.05. The van der Waals surface area contributed by atoms with Gasteiger partial charge in [-0.05, 0) is 36.8 Å². The van der Waals surface area contributed by atoms with Gasteiger partial charge in [0.15, 0.2) is 5.78 Å². The predicted octanol–water partition coefficient (Wildman–Crippen LogP) is 2.79. The Morgan fingerprint density at radius 2 is 1.92 bits per heavy atom. The van der Waals surface area contributed by atoms with E-state index in [9.17, 15) is 17.6 Å². The van der Waals surface area contributed by atoms with Crippen LogP contribution in [-0.4, -0.2) is 38.3 Å². The molecule has 0 aromatic heterocycles. The molecule has 0 spiro atoms. The number of rotatable bonds is 4. The normalized spacial score (nSPS) is 18.9. The van der Waals surface area contributed by atoms with Crippen molar-refractivity contribution < 1.29 is 22.3 Å². The number of hydrogen-bond acceptors (Lipinski definition) is 4. The van der Waals surface area contributed by atoms with Crippen molar-refractivity contribution in [2.45, 2.75) is 17.9 Å². The summed E-state index contributed by atoms with van der Waals surface area (Å²) in [7, 11) is -3.82. The molecule has 2 aromatic carbocycles. The van der Waals surface area contributed by atoms with Gasteiger partial charge < -0.3 is 4.74 Å². The van der Waals surface area contributed by atoms with Gasteiger partial charge in [0.25, 0.3) is 0 Å². The molecule has 0 N–H and O–H groups in total. The number of morpholine rings is 1. The molecule has 0 aliphatic carbocycles. The fraction of sp³-hybridized carbons (Fsp3) is 0.278. The number of Topliss-reactive ketones (excluding diaryl/α,β-unsaturated/α-hetero) is 1. The number of ketones is 1. The summed E-state index contributed by atoms with van der Waals surface area (Å²) in [5, 5.41) is 0. The maximum Gasteiger partial charge on any atom is 0.243 e. The van der Waals surface area contributed by atoms with Gasteiger partial charge in [-0.2, -0.15) is 4.31 Å². The number of hydrogen-bond donors (Lipinski definition) is 0. The first-order valence-electron chi connectivity index (χ1n) is 7.85. The van der Waals surface area contributed by atoms with Crippen molar-refractivity contribution in [1.29, 1.82) is 0 Å². The molecule has 1 heterocycles. The summed E-state index contributed by atoms with van der Waals surface area (Å²) in [5.74, 6) is -0.585. The van der Waals surface area contributed by atoms with Crippen LogP contribution in [0.4, 0.5) is 4.39 Å². The highest BCUT2D eigenvalue weighted by molar-refractivity contribution is 7.89. The van der Waals surface area contributed by atoms with Gasteiger partial charge in [-0.1, -0.05) is 24.3 Å². The molecule has 132 valence electrons. The molecule has 0 radical (unpaired) electrons. The third-order valence-electron chi connectivity index (χ3n) is 4.18. The zero-order chi connectivity index (χ0) is 18.0. The second-order valence-electron chi connectivity index (χ2n) is 5.84. The average Bonchev–Trinajstić information content (AvgIpc) is 2.62. The van der Waals surface area contributed by atoms with Gasteiger partial charge in [0, 0.05) is 12.1 Å². The first kappa shape index (κ1) is 17.7. The summed E-state index contributed by atoms with van der Waals surface area (Å²) in [6, 6.07) is 11.2. The average molecular weight is 363 g/mol. The van der Waals surface area contributed by atoms with Crippen LogP contribution >= 0.6 is 0 Å². The van der Waals surface area contributed by atoms with Crippen molar-refractivity contribution >= 4 is 15.8 Å². The molecule has 1 atom stereocenters. The van der Waals surface area contributed by atoms with E-state index in [2.05, 4.69) is 0 Å². The Morgan fingerprint density at radius 3 is 2.60 bits per heavy atom. The molecule has 1 fully saturated rings. The quantitative estimate of drug-likeness (QED) is 0.784. The standard InChI is InChI=1S/C18H18FNO4S/c1-13(21)15-3-2-4-17(11-15)25(22,23)20-9-10-24-12-18(20)14-5-7-16(19)8-6-14/h2-8,11,18H,9-10,12H2,1H3. The van der Waals surface area contributed by atoms with E-state index in [1.54, 1.807) is 24.3 Å². The molecular weight excluding hydrogens is 345 g/mol. The van der Waals surface area contributed by atoms with Crippen molar-refractivity contribution in [3.8, 4) is 0 Å². The smallest absolute Gasteiger partial charge is 0.243 e. The van der Waals surface area contributed by atoms with Gasteiger partial charge in [-0.3, -0.25) is 4.79 Å². The molecule has 3 rings (SSSR count). The summed E-state index contributed by atoms with van der Waals surface area (Å²) in [6.07, 6.45) is 0. The predicted molar refractivity (Wildman–Crippen MR) is 90.3 cm³/mol. The van der Waals surface area contributed by atoms with E-state index >= 15 is 0 Å². The van der Waals surface area contributed by atoms with E-state index < -0.39 is 16.1 Å². The van der Waals surface area contributed by atoms with Crippen molar-refractivity contribution in [3.05, 3.63) is 65.5 Å². The van der Waals surface area contributed by atoms with Crippen molar-refractivity contribution in [3.63, 3.8) is 0 Å². The minimum atomic E-state index is -3.82. The van der Waals surface area contributed by atoms with Gasteiger partial charge in [-0.15, -0.1) is 0 Å². The van der Waals surface area contributed by atoms with Crippen molar-refractivity contribution in [2.75, 3.05) is 19.8 Å². The van der Waals surface area contributed by atoms with E-state index in [0.717, 1.165) is 0 Å². The highest BCUT2D eigenvalue weighted by Gasteiger charge is 2.35. The highest BCUT2D eigenvalue weighted by atomic mass is 32.2. The lowest BCUT2D eigenvalue weighted by molar-refractivity contribution is 0.0320. The van der Waals surface area contributed by atoms with E-state index in [1.807, 2.05) is 0 Å². The second kappa shape index (κ2) is 7.03. The minimum Gasteiger partial charge on any atom is -0.378 e. The topological polar surface area (TPSA) is 63.7 Å². The van der Waals surface area contributed by atoms with E-state index in [-0.39, 0.29) is 36.3 Å². The Kier molecular flexibility index (Phi) is 4.99. The highest BCUT2D eigenvalue weighted by Crippen LogP contribution is 2.30. The van der Waals surface area contributed by atoms with Gasteiger partial charge in [0.1, 0.15) is 5.82 Å². The van der Waals surface area contributed by atoms with Crippen LogP contribution in [0.15, 0.2) is 53.4 Å². The molecule has 0 saturated carbocycles. The third-order valence-corrected chi connectivity index (χ3v) is 6.09. The Balaban J connectivity index is 2.00. The lowest BCUT2D eigenvalue weighted by atomic mass is 10.1. The Hall–Kier alpha value is -2.09. The molecule has 1 aliphatic rings. The van der Waals surface area contributed by atoms with Gasteiger partial charge >= 0.3 is 0 Å². The number of carbonyl (C=O) groups excluding carboxylic acids is 1. The fourth-order valence-electron chi connectivity index (χ4n) is 2.83. The zero-order valence-corrected chi connectivity index (χ0v) is 14.5. The first-order valence-corrected chi connectivity index (χ1v) is 9.29. The zero-order valence-electron chi connectivity index (χ0n) is 13.7. The molecule has 0 bridgehead atoms. The molecule has 1 saturated heterocycles. The van der Waals surface area contributed by atoms with Gasteiger partial charge in [-0.25, -0.2) is 12.8 Å². The largest absolute Gasteiger partial charge is 0.378 e. The van der Waals surface area contributed by atoms with Crippen LogP contribution in [0.5, 0.6) is 0 Å². The lowest BCUT2D eigenvalue weighted by Gasteiger charge is -2.34. The molecule has 0 amide bonds. The molecule has 2 aromatic rings. The number of carbonyl (C=O) groups is 1. The third kappa shape index (κ3) is 3.63. The Morgan fingerprint density at radius 1 is 1.20 bits per heavy atom. The summed E-state index contributed by atoms with van der Waals surface area (Å²) in [4.78, 5) is 11.6. The summed E-state index contributed by atoms with van der Waals surface area (Å²) in [5.41, 5.74) is 1.00. The Labute approximate surface area is 146 Å². The van der Waals surface area contributed by atoms with Crippen LogP contribution in [0, 0.1) is 5.82 Å². The van der Waals surface area contributed by atoms with E-state index in [0.29, 0.717) is 11.1 Å². The minimum absolute atomic E-state index is 0.0641. The van der Waals surface area contributed by atoms with Crippen molar-refractivity contribution in [1.82, 2.24) is 4.31 Å². The second-order valence-corrected chi connectivity index (χ2v) is 7.73. The maximum absolute atomic E-state index is 13.2. The van der Waals surface area contributed by atoms with Crippen LogP contribution < -0.4 is 0 Å². The summed E-state index contributed by atoms with van der Waals surface area (Å²) >= 11 is 0. The number of ether oxygens (including phenoxy) is 1. The molecule has 25 heavy (non-hydrogen) atoms. The van der Waals surface area contributed by atoms with Crippen LogP contribution in [-0.2, 0) is 14.8 Å². The summed E-state index contributed by atoms with van der Waals surface area (Å²) < 4.78 is 46.2. The number of halogens is 1. The fourth-order valence-corrected chi connectivity index (χ4v) is 4.46. The maximum atomic E-state index is 13.2. The lowest BCUT2D eigenvalue weighted by Crippen LogP contribution is -2.43. The monoisotopic (exact) mass is 363 g/mol. The van der Waals surface area contributed by atoms with Crippen molar-refractivity contribution in [2.24, 2.45) is 0 Å². The number of sulfonamides is 1.